The number of nitrogens with one attached hydrogen (secondary N) is 2. The summed E-state index contributed by atoms with van der Waals surface area (Å²) >= 11 is 1.12. The van der Waals surface area contributed by atoms with Gasteiger partial charge in [0.15, 0.2) is 0 Å². The Morgan fingerprint density at radius 3 is 2.61 bits per heavy atom. The van der Waals surface area contributed by atoms with E-state index in [0.29, 0.717) is 17.8 Å². The molecular formula is C21H19N5O3S2. The van der Waals surface area contributed by atoms with Crippen molar-refractivity contribution in [2.45, 2.75) is 16.8 Å². The van der Waals surface area contributed by atoms with Crippen molar-refractivity contribution in [2.75, 3.05) is 4.72 Å². The van der Waals surface area contributed by atoms with Crippen LogP contribution in [0.4, 0.5) is 5.69 Å². The van der Waals surface area contributed by atoms with E-state index in [2.05, 4.69) is 20.1 Å². The number of benzene rings is 2. The molecule has 2 aromatic carbocycles. The molecule has 1 atom stereocenters. The van der Waals surface area contributed by atoms with Gasteiger partial charge < -0.3 is 5.32 Å². The fourth-order valence-electron chi connectivity index (χ4n) is 3.02. The van der Waals surface area contributed by atoms with Crippen LogP contribution in [-0.2, 0) is 16.6 Å². The molecule has 31 heavy (non-hydrogen) atoms. The molecule has 0 aliphatic carbocycles. The summed E-state index contributed by atoms with van der Waals surface area (Å²) in [5, 5.41) is 8.81. The first-order valence-corrected chi connectivity index (χ1v) is 11.7. The van der Waals surface area contributed by atoms with Gasteiger partial charge in [-0.3, -0.25) is 14.2 Å². The van der Waals surface area contributed by atoms with Crippen LogP contribution >= 0.6 is 11.3 Å². The van der Waals surface area contributed by atoms with Gasteiger partial charge in [-0.2, -0.15) is 5.10 Å². The van der Waals surface area contributed by atoms with Gasteiger partial charge in [-0.05, 0) is 35.2 Å². The van der Waals surface area contributed by atoms with E-state index in [1.165, 1.54) is 18.5 Å². The summed E-state index contributed by atoms with van der Waals surface area (Å²) in [6.45, 7) is 0.403. The van der Waals surface area contributed by atoms with Gasteiger partial charge in [0.05, 0.1) is 12.6 Å². The van der Waals surface area contributed by atoms with Gasteiger partial charge in [-0.15, -0.1) is 11.3 Å². The van der Waals surface area contributed by atoms with E-state index in [0.717, 1.165) is 16.9 Å². The molecule has 0 saturated heterocycles. The molecule has 0 fully saturated rings. The number of nitrogens with zero attached hydrogens (tertiary/aromatic N) is 3. The number of amides is 1. The standard InChI is InChI=1S/C21H19N5O3S2/c27-21(24-19(13-26-15-22-14-23-26)16-6-2-1-3-7-16)17-8-4-9-18(12-17)25-31(28,29)20-10-5-11-30-20/h1-12,14-15,19,25H,13H2,(H,24,27). The Balaban J connectivity index is 1.53. The van der Waals surface area contributed by atoms with Crippen LogP contribution in [0.2, 0.25) is 0 Å². The number of hydrogen-bond acceptors (Lipinski definition) is 6. The molecule has 2 aromatic heterocycles. The Labute approximate surface area is 183 Å². The highest BCUT2D eigenvalue weighted by Crippen LogP contribution is 2.21. The molecule has 1 unspecified atom stereocenters. The molecule has 1 amide bonds. The van der Waals surface area contributed by atoms with E-state index in [1.807, 2.05) is 30.3 Å². The second-order valence-electron chi connectivity index (χ2n) is 6.67. The predicted octanol–water partition coefficient (Wildman–Crippen LogP) is 3.31. The van der Waals surface area contributed by atoms with Crippen LogP contribution < -0.4 is 10.0 Å². The third kappa shape index (κ3) is 5.16. The molecule has 8 nitrogen and oxygen atoms in total. The van der Waals surface area contributed by atoms with Gasteiger partial charge in [0.2, 0.25) is 0 Å². The van der Waals surface area contributed by atoms with Gasteiger partial charge in [-0.25, -0.2) is 13.4 Å². The smallest absolute Gasteiger partial charge is 0.271 e. The van der Waals surface area contributed by atoms with E-state index >= 15 is 0 Å². The first-order chi connectivity index (χ1) is 15.0. The maximum absolute atomic E-state index is 13.0. The summed E-state index contributed by atoms with van der Waals surface area (Å²) in [5.74, 6) is -0.328. The average molecular weight is 454 g/mol. The van der Waals surface area contributed by atoms with Crippen molar-refractivity contribution < 1.29 is 13.2 Å². The molecule has 2 heterocycles. The van der Waals surface area contributed by atoms with Crippen LogP contribution in [-0.4, -0.2) is 29.1 Å². The van der Waals surface area contributed by atoms with Gasteiger partial charge in [0.1, 0.15) is 16.9 Å². The summed E-state index contributed by atoms with van der Waals surface area (Å²) in [5.41, 5.74) is 1.57. The lowest BCUT2D eigenvalue weighted by molar-refractivity contribution is 0.0932. The number of rotatable bonds is 8. The van der Waals surface area contributed by atoms with E-state index in [-0.39, 0.29) is 16.2 Å². The monoisotopic (exact) mass is 453 g/mol. The SMILES string of the molecule is O=C(NC(Cn1cncn1)c1ccccc1)c1cccc(NS(=O)(=O)c2cccs2)c1. The zero-order chi connectivity index (χ0) is 21.7. The van der Waals surface area contributed by atoms with E-state index < -0.39 is 10.0 Å². The van der Waals surface area contributed by atoms with E-state index in [9.17, 15) is 13.2 Å². The Hall–Kier alpha value is -3.50. The maximum atomic E-state index is 13.0. The minimum absolute atomic E-state index is 0.208. The first kappa shape index (κ1) is 20.8. The van der Waals surface area contributed by atoms with E-state index in [1.54, 1.807) is 40.7 Å². The van der Waals surface area contributed by atoms with Crippen molar-refractivity contribution in [2.24, 2.45) is 0 Å². The summed E-state index contributed by atoms with van der Waals surface area (Å²) in [6, 6.07) is 18.8. The topological polar surface area (TPSA) is 106 Å². The van der Waals surface area contributed by atoms with Gasteiger partial charge in [0, 0.05) is 11.3 Å². The molecule has 158 valence electrons. The van der Waals surface area contributed by atoms with Crippen LogP contribution in [0.5, 0.6) is 0 Å². The van der Waals surface area contributed by atoms with Crippen molar-refractivity contribution >= 4 is 33.0 Å². The lowest BCUT2D eigenvalue weighted by atomic mass is 10.1. The number of aromatic nitrogens is 3. The van der Waals surface area contributed by atoms with Gasteiger partial charge in [-0.1, -0.05) is 42.5 Å². The van der Waals surface area contributed by atoms with Crippen LogP contribution in [0.1, 0.15) is 22.0 Å². The van der Waals surface area contributed by atoms with Crippen LogP contribution in [0, 0.1) is 0 Å². The second kappa shape index (κ2) is 9.11. The van der Waals surface area contributed by atoms with Crippen molar-refractivity contribution in [3.63, 3.8) is 0 Å². The van der Waals surface area contributed by atoms with Gasteiger partial charge in [0.25, 0.3) is 15.9 Å². The molecule has 2 N–H and O–H groups in total. The molecule has 0 radical (unpaired) electrons. The second-order valence-corrected chi connectivity index (χ2v) is 9.53. The molecule has 4 aromatic rings. The van der Waals surface area contributed by atoms with Crippen molar-refractivity contribution in [1.82, 2.24) is 20.1 Å². The summed E-state index contributed by atoms with van der Waals surface area (Å²) in [6.07, 6.45) is 3.02. The fourth-order valence-corrected chi connectivity index (χ4v) is 5.06. The number of hydrogen-bond donors (Lipinski definition) is 2. The zero-order valence-electron chi connectivity index (χ0n) is 16.3. The van der Waals surface area contributed by atoms with Crippen LogP contribution in [0.15, 0.2) is 89.0 Å². The van der Waals surface area contributed by atoms with Crippen LogP contribution in [0.25, 0.3) is 0 Å². The summed E-state index contributed by atoms with van der Waals surface area (Å²) in [7, 11) is -3.69. The minimum Gasteiger partial charge on any atom is -0.343 e. The average Bonchev–Trinajstić information content (AvgIpc) is 3.48. The number of sulfonamides is 1. The molecule has 0 aliphatic heterocycles. The molecular weight excluding hydrogens is 434 g/mol. The Bertz CT molecular complexity index is 1240. The molecule has 4 rings (SSSR count). The number of thiophene rings is 1. The highest BCUT2D eigenvalue weighted by atomic mass is 32.2. The fraction of sp³-hybridized carbons (Fsp3) is 0.0952. The Kier molecular flexibility index (Phi) is 6.10. The Morgan fingerprint density at radius 2 is 1.90 bits per heavy atom. The third-order valence-corrected chi connectivity index (χ3v) is 7.26. The molecule has 0 aliphatic rings. The molecule has 10 heteroatoms. The predicted molar refractivity (Wildman–Crippen MR) is 118 cm³/mol. The summed E-state index contributed by atoms with van der Waals surface area (Å²) in [4.78, 5) is 16.9. The van der Waals surface area contributed by atoms with Crippen molar-refractivity contribution in [3.8, 4) is 0 Å². The molecule has 0 bridgehead atoms. The van der Waals surface area contributed by atoms with Crippen molar-refractivity contribution in [1.29, 1.82) is 0 Å². The number of anilines is 1. The third-order valence-electron chi connectivity index (χ3n) is 4.48. The number of carbonyl (C=O) groups is 1. The van der Waals surface area contributed by atoms with Crippen LogP contribution in [0.3, 0.4) is 0 Å². The zero-order valence-corrected chi connectivity index (χ0v) is 17.9. The Morgan fingerprint density at radius 1 is 1.06 bits per heavy atom. The highest BCUT2D eigenvalue weighted by molar-refractivity contribution is 7.94. The van der Waals surface area contributed by atoms with Crippen molar-refractivity contribution in [3.05, 3.63) is 95.9 Å². The summed E-state index contributed by atoms with van der Waals surface area (Å²) < 4.78 is 29.3. The minimum atomic E-state index is -3.69. The van der Waals surface area contributed by atoms with Gasteiger partial charge >= 0.3 is 0 Å². The normalized spacial score (nSPS) is 12.3. The highest BCUT2D eigenvalue weighted by Gasteiger charge is 2.19. The lowest BCUT2D eigenvalue weighted by Crippen LogP contribution is -2.31. The quantitative estimate of drug-likeness (QED) is 0.426. The lowest BCUT2D eigenvalue weighted by Gasteiger charge is -2.19. The first-order valence-electron chi connectivity index (χ1n) is 9.36. The van der Waals surface area contributed by atoms with E-state index in [4.69, 9.17) is 0 Å². The maximum Gasteiger partial charge on any atom is 0.271 e. The molecule has 0 spiro atoms. The molecule has 0 saturated carbocycles. The number of carbonyl (C=O) groups excluding carboxylic acids is 1. The largest absolute Gasteiger partial charge is 0.343 e.